The standard InChI is InChI=1S/C16H23N3O3S/c1-3-19(4-2)15-7-5-13(6-8-15)11-17-18-16(20)14-9-10-23(21,22)12-14/h5-8,11,14H,3-4,9-10,12H2,1-2H3,(H,18,20)/b17-11-/t14-/m1/s1. The van der Waals surface area contributed by atoms with Crippen LogP contribution in [0.3, 0.4) is 0 Å². The summed E-state index contributed by atoms with van der Waals surface area (Å²) in [5.41, 5.74) is 4.45. The number of anilines is 1. The van der Waals surface area contributed by atoms with Gasteiger partial charge in [-0.05, 0) is 38.0 Å². The minimum Gasteiger partial charge on any atom is -0.372 e. The molecule has 0 aliphatic carbocycles. The van der Waals surface area contributed by atoms with Crippen molar-refractivity contribution >= 4 is 27.6 Å². The molecule has 0 radical (unpaired) electrons. The summed E-state index contributed by atoms with van der Waals surface area (Å²) in [5, 5.41) is 3.92. The lowest BCUT2D eigenvalue weighted by molar-refractivity contribution is -0.124. The number of carbonyl (C=O) groups excluding carboxylic acids is 1. The Balaban J connectivity index is 1.89. The normalized spacial score (nSPS) is 19.8. The zero-order valence-corrected chi connectivity index (χ0v) is 14.3. The molecular weight excluding hydrogens is 314 g/mol. The van der Waals surface area contributed by atoms with E-state index in [0.717, 1.165) is 24.3 Å². The highest BCUT2D eigenvalue weighted by Gasteiger charge is 2.32. The summed E-state index contributed by atoms with van der Waals surface area (Å²) < 4.78 is 22.7. The summed E-state index contributed by atoms with van der Waals surface area (Å²) in [6, 6.07) is 7.89. The van der Waals surface area contributed by atoms with Gasteiger partial charge >= 0.3 is 0 Å². The lowest BCUT2D eigenvalue weighted by Crippen LogP contribution is -2.27. The molecule has 1 fully saturated rings. The molecule has 0 spiro atoms. The van der Waals surface area contributed by atoms with Crippen molar-refractivity contribution in [2.75, 3.05) is 29.5 Å². The van der Waals surface area contributed by atoms with Crippen molar-refractivity contribution in [1.29, 1.82) is 0 Å². The minimum absolute atomic E-state index is 0.0765. The van der Waals surface area contributed by atoms with Crippen molar-refractivity contribution in [2.45, 2.75) is 20.3 Å². The van der Waals surface area contributed by atoms with E-state index < -0.39 is 15.8 Å². The summed E-state index contributed by atoms with van der Waals surface area (Å²) >= 11 is 0. The molecule has 1 amide bonds. The van der Waals surface area contributed by atoms with Crippen LogP contribution in [-0.4, -0.2) is 45.1 Å². The van der Waals surface area contributed by atoms with Crippen molar-refractivity contribution in [3.63, 3.8) is 0 Å². The van der Waals surface area contributed by atoms with Crippen LogP contribution in [0.4, 0.5) is 5.69 Å². The SMILES string of the molecule is CCN(CC)c1ccc(/C=N\NC(=O)[C@@H]2CCS(=O)(=O)C2)cc1. The molecule has 1 aliphatic rings. The van der Waals surface area contributed by atoms with Gasteiger partial charge in [0.05, 0.1) is 23.6 Å². The molecule has 1 atom stereocenters. The molecule has 0 saturated carbocycles. The minimum atomic E-state index is -3.05. The average Bonchev–Trinajstić information content (AvgIpc) is 2.90. The summed E-state index contributed by atoms with van der Waals surface area (Å²) in [6.07, 6.45) is 1.94. The Morgan fingerprint density at radius 3 is 2.48 bits per heavy atom. The van der Waals surface area contributed by atoms with E-state index >= 15 is 0 Å². The Morgan fingerprint density at radius 1 is 1.30 bits per heavy atom. The van der Waals surface area contributed by atoms with E-state index in [0.29, 0.717) is 6.42 Å². The number of sulfone groups is 1. The quantitative estimate of drug-likeness (QED) is 0.629. The highest BCUT2D eigenvalue weighted by Crippen LogP contribution is 2.18. The fourth-order valence-corrected chi connectivity index (χ4v) is 4.36. The van der Waals surface area contributed by atoms with Gasteiger partial charge < -0.3 is 4.90 Å². The van der Waals surface area contributed by atoms with Gasteiger partial charge in [0.25, 0.3) is 0 Å². The Labute approximate surface area is 137 Å². The van der Waals surface area contributed by atoms with Crippen LogP contribution in [0.5, 0.6) is 0 Å². The van der Waals surface area contributed by atoms with Gasteiger partial charge in [-0.2, -0.15) is 5.10 Å². The van der Waals surface area contributed by atoms with Crippen molar-refractivity contribution in [3.8, 4) is 0 Å². The predicted octanol–water partition coefficient (Wildman–Crippen LogP) is 1.42. The van der Waals surface area contributed by atoms with Crippen LogP contribution in [0.2, 0.25) is 0 Å². The fourth-order valence-electron chi connectivity index (χ4n) is 2.62. The molecule has 2 rings (SSSR count). The second-order valence-corrected chi connectivity index (χ2v) is 7.83. The zero-order chi connectivity index (χ0) is 16.9. The Bertz CT molecular complexity index is 664. The molecule has 126 valence electrons. The molecule has 7 heteroatoms. The molecule has 23 heavy (non-hydrogen) atoms. The second kappa shape index (κ2) is 7.59. The largest absolute Gasteiger partial charge is 0.372 e. The smallest absolute Gasteiger partial charge is 0.244 e. The highest BCUT2D eigenvalue weighted by atomic mass is 32.2. The van der Waals surface area contributed by atoms with Crippen molar-refractivity contribution < 1.29 is 13.2 Å². The van der Waals surface area contributed by atoms with Crippen molar-refractivity contribution in [2.24, 2.45) is 11.0 Å². The first-order chi connectivity index (χ1) is 10.9. The van der Waals surface area contributed by atoms with Crippen LogP contribution < -0.4 is 10.3 Å². The third-order valence-electron chi connectivity index (χ3n) is 4.01. The van der Waals surface area contributed by atoms with Gasteiger partial charge in [0.2, 0.25) is 5.91 Å². The van der Waals surface area contributed by atoms with E-state index in [1.165, 1.54) is 0 Å². The number of nitrogens with one attached hydrogen (secondary N) is 1. The monoisotopic (exact) mass is 337 g/mol. The molecule has 1 N–H and O–H groups in total. The van der Waals surface area contributed by atoms with Gasteiger partial charge in [-0.1, -0.05) is 12.1 Å². The molecular formula is C16H23N3O3S. The zero-order valence-electron chi connectivity index (χ0n) is 13.5. The molecule has 1 saturated heterocycles. The lowest BCUT2D eigenvalue weighted by atomic mass is 10.1. The van der Waals surface area contributed by atoms with E-state index in [9.17, 15) is 13.2 Å². The van der Waals surface area contributed by atoms with E-state index in [4.69, 9.17) is 0 Å². The molecule has 1 aliphatic heterocycles. The van der Waals surface area contributed by atoms with Crippen LogP contribution in [0.25, 0.3) is 0 Å². The van der Waals surface area contributed by atoms with Gasteiger partial charge in [0.1, 0.15) is 0 Å². The number of rotatable bonds is 6. The third-order valence-corrected chi connectivity index (χ3v) is 5.78. The van der Waals surface area contributed by atoms with Crippen LogP contribution in [-0.2, 0) is 14.6 Å². The van der Waals surface area contributed by atoms with Gasteiger partial charge in [-0.25, -0.2) is 13.8 Å². The maximum atomic E-state index is 11.8. The maximum absolute atomic E-state index is 11.8. The highest BCUT2D eigenvalue weighted by molar-refractivity contribution is 7.91. The van der Waals surface area contributed by atoms with Gasteiger partial charge in [0, 0.05) is 18.8 Å². The molecule has 0 unspecified atom stereocenters. The lowest BCUT2D eigenvalue weighted by Gasteiger charge is -2.20. The number of hydrazone groups is 1. The number of hydrogen-bond donors (Lipinski definition) is 1. The third kappa shape index (κ3) is 4.79. The van der Waals surface area contributed by atoms with Gasteiger partial charge in [-0.3, -0.25) is 4.79 Å². The number of amides is 1. The van der Waals surface area contributed by atoms with Crippen molar-refractivity contribution in [1.82, 2.24) is 5.43 Å². The topological polar surface area (TPSA) is 78.8 Å². The molecule has 1 aromatic rings. The number of benzene rings is 1. The summed E-state index contributed by atoms with van der Waals surface area (Å²) in [6.45, 7) is 6.11. The van der Waals surface area contributed by atoms with E-state index in [2.05, 4.69) is 29.3 Å². The first-order valence-electron chi connectivity index (χ1n) is 7.83. The maximum Gasteiger partial charge on any atom is 0.244 e. The van der Waals surface area contributed by atoms with E-state index in [1.54, 1.807) is 6.21 Å². The fraction of sp³-hybridized carbons (Fsp3) is 0.500. The van der Waals surface area contributed by atoms with Gasteiger partial charge in [-0.15, -0.1) is 0 Å². The molecule has 1 aromatic carbocycles. The first-order valence-corrected chi connectivity index (χ1v) is 9.65. The average molecular weight is 337 g/mol. The van der Waals surface area contributed by atoms with Crippen molar-refractivity contribution in [3.05, 3.63) is 29.8 Å². The molecule has 1 heterocycles. The second-order valence-electron chi connectivity index (χ2n) is 5.60. The van der Waals surface area contributed by atoms with Crippen LogP contribution in [0, 0.1) is 5.92 Å². The molecule has 0 aromatic heterocycles. The summed E-state index contributed by atoms with van der Waals surface area (Å²) in [7, 11) is -3.05. The molecule has 0 bridgehead atoms. The molecule has 6 nitrogen and oxygen atoms in total. The predicted molar refractivity (Wildman–Crippen MR) is 92.5 cm³/mol. The number of carbonyl (C=O) groups is 1. The van der Waals surface area contributed by atoms with E-state index in [-0.39, 0.29) is 17.4 Å². The Hall–Kier alpha value is -1.89. The Kier molecular flexibility index (Phi) is 5.76. The number of nitrogens with zero attached hydrogens (tertiary/aromatic N) is 2. The van der Waals surface area contributed by atoms with Crippen LogP contribution in [0.1, 0.15) is 25.8 Å². The Morgan fingerprint density at radius 2 is 1.96 bits per heavy atom. The first kappa shape index (κ1) is 17.5. The number of hydrogen-bond acceptors (Lipinski definition) is 5. The van der Waals surface area contributed by atoms with Crippen LogP contribution >= 0.6 is 0 Å². The summed E-state index contributed by atoms with van der Waals surface area (Å²) in [5.74, 6) is -0.807. The van der Waals surface area contributed by atoms with Crippen LogP contribution in [0.15, 0.2) is 29.4 Å². The van der Waals surface area contributed by atoms with Gasteiger partial charge in [0.15, 0.2) is 9.84 Å². The summed E-state index contributed by atoms with van der Waals surface area (Å²) in [4.78, 5) is 14.1. The van der Waals surface area contributed by atoms with E-state index in [1.807, 2.05) is 24.3 Å².